The SMILES string of the molecule is CC[C@H](C)[C@@H](NC(=O)OC1C(=O)c2cc(OC)ccc2O[C@H]1c1cccc(OC)c1)C(=O)OC. The third kappa shape index (κ3) is 5.24. The van der Waals surface area contributed by atoms with Gasteiger partial charge >= 0.3 is 12.1 Å². The molecular weight excluding hydrogens is 442 g/mol. The average Bonchev–Trinajstić information content (AvgIpc) is 2.87. The van der Waals surface area contributed by atoms with Gasteiger partial charge in [0.25, 0.3) is 0 Å². The second kappa shape index (κ2) is 10.9. The van der Waals surface area contributed by atoms with Crippen molar-refractivity contribution in [1.29, 1.82) is 0 Å². The molecule has 2 aromatic rings. The Morgan fingerprint density at radius 2 is 1.76 bits per heavy atom. The van der Waals surface area contributed by atoms with Crippen molar-refractivity contribution in [3.05, 3.63) is 53.6 Å². The van der Waals surface area contributed by atoms with Gasteiger partial charge in [0.2, 0.25) is 11.9 Å². The smallest absolute Gasteiger partial charge is 0.408 e. The highest BCUT2D eigenvalue weighted by atomic mass is 16.6. The van der Waals surface area contributed by atoms with Crippen LogP contribution in [0.1, 0.15) is 42.3 Å². The maximum absolute atomic E-state index is 13.5. The van der Waals surface area contributed by atoms with Crippen LogP contribution in [0.25, 0.3) is 0 Å². The van der Waals surface area contributed by atoms with E-state index in [9.17, 15) is 14.4 Å². The molecule has 34 heavy (non-hydrogen) atoms. The Bertz CT molecular complexity index is 1050. The molecule has 0 spiro atoms. The molecule has 0 saturated carbocycles. The third-order valence-electron chi connectivity index (χ3n) is 5.84. The number of carbonyl (C=O) groups excluding carboxylic acids is 3. The monoisotopic (exact) mass is 471 g/mol. The van der Waals surface area contributed by atoms with Crippen LogP contribution in [0.2, 0.25) is 0 Å². The van der Waals surface area contributed by atoms with Crippen LogP contribution in [0.4, 0.5) is 4.79 Å². The van der Waals surface area contributed by atoms with Crippen LogP contribution in [0.5, 0.6) is 17.2 Å². The highest BCUT2D eigenvalue weighted by Gasteiger charge is 2.42. The van der Waals surface area contributed by atoms with E-state index >= 15 is 0 Å². The van der Waals surface area contributed by atoms with E-state index in [1.54, 1.807) is 43.3 Å². The lowest BCUT2D eigenvalue weighted by atomic mass is 9.93. The Morgan fingerprint density at radius 1 is 1.06 bits per heavy atom. The Balaban J connectivity index is 1.95. The molecule has 2 aromatic carbocycles. The predicted molar refractivity (Wildman–Crippen MR) is 122 cm³/mol. The molecule has 3 rings (SSSR count). The van der Waals surface area contributed by atoms with Crippen LogP contribution >= 0.6 is 0 Å². The van der Waals surface area contributed by atoms with E-state index in [0.29, 0.717) is 29.2 Å². The number of hydrogen-bond acceptors (Lipinski definition) is 8. The molecule has 1 aliphatic rings. The fourth-order valence-electron chi connectivity index (χ4n) is 3.67. The summed E-state index contributed by atoms with van der Waals surface area (Å²) >= 11 is 0. The molecule has 1 N–H and O–H groups in total. The first-order chi connectivity index (χ1) is 16.3. The number of carbonyl (C=O) groups is 3. The highest BCUT2D eigenvalue weighted by molar-refractivity contribution is 6.04. The summed E-state index contributed by atoms with van der Waals surface area (Å²) in [6.45, 7) is 3.69. The first-order valence-corrected chi connectivity index (χ1v) is 10.9. The van der Waals surface area contributed by atoms with E-state index in [4.69, 9.17) is 23.7 Å². The number of esters is 1. The molecule has 9 heteroatoms. The number of hydrogen-bond donors (Lipinski definition) is 1. The van der Waals surface area contributed by atoms with Gasteiger partial charge in [-0.1, -0.05) is 32.4 Å². The zero-order chi connectivity index (χ0) is 24.8. The van der Waals surface area contributed by atoms with Gasteiger partial charge in [0.1, 0.15) is 23.3 Å². The Morgan fingerprint density at radius 3 is 2.41 bits per heavy atom. The molecule has 0 aromatic heterocycles. The zero-order valence-corrected chi connectivity index (χ0v) is 19.8. The fraction of sp³-hybridized carbons (Fsp3) is 0.400. The van der Waals surface area contributed by atoms with Crippen molar-refractivity contribution < 1.29 is 38.1 Å². The van der Waals surface area contributed by atoms with Crippen molar-refractivity contribution in [2.24, 2.45) is 5.92 Å². The van der Waals surface area contributed by atoms with Crippen LogP contribution in [-0.4, -0.2) is 51.3 Å². The van der Waals surface area contributed by atoms with Gasteiger partial charge < -0.3 is 29.0 Å². The zero-order valence-electron chi connectivity index (χ0n) is 19.8. The highest BCUT2D eigenvalue weighted by Crippen LogP contribution is 2.39. The van der Waals surface area contributed by atoms with E-state index in [0.717, 1.165) is 0 Å². The topological polar surface area (TPSA) is 109 Å². The van der Waals surface area contributed by atoms with Gasteiger partial charge in [-0.05, 0) is 36.2 Å². The van der Waals surface area contributed by atoms with Crippen molar-refractivity contribution in [2.75, 3.05) is 21.3 Å². The van der Waals surface area contributed by atoms with Crippen molar-refractivity contribution in [2.45, 2.75) is 38.5 Å². The van der Waals surface area contributed by atoms with E-state index in [-0.39, 0.29) is 11.5 Å². The van der Waals surface area contributed by atoms with Gasteiger partial charge in [-0.15, -0.1) is 0 Å². The second-order valence-electron chi connectivity index (χ2n) is 7.90. The second-order valence-corrected chi connectivity index (χ2v) is 7.90. The van der Waals surface area contributed by atoms with Gasteiger partial charge in [-0.25, -0.2) is 9.59 Å². The molecule has 0 fully saturated rings. The van der Waals surface area contributed by atoms with Gasteiger partial charge in [-0.2, -0.15) is 0 Å². The summed E-state index contributed by atoms with van der Waals surface area (Å²) < 4.78 is 27.0. The van der Waals surface area contributed by atoms with Crippen LogP contribution in [0.3, 0.4) is 0 Å². The molecule has 1 amide bonds. The van der Waals surface area contributed by atoms with Crippen LogP contribution in [0.15, 0.2) is 42.5 Å². The molecule has 1 aliphatic heterocycles. The molecule has 182 valence electrons. The number of alkyl carbamates (subject to hydrolysis) is 1. The fourth-order valence-corrected chi connectivity index (χ4v) is 3.67. The number of fused-ring (bicyclic) bond motifs is 1. The number of nitrogens with one attached hydrogen (secondary N) is 1. The molecule has 1 heterocycles. The maximum Gasteiger partial charge on any atom is 0.408 e. The van der Waals surface area contributed by atoms with Crippen molar-refractivity contribution >= 4 is 17.8 Å². The van der Waals surface area contributed by atoms with Gasteiger partial charge in [0, 0.05) is 5.56 Å². The number of ether oxygens (including phenoxy) is 5. The standard InChI is InChI=1S/C25H29NO8/c1-6-14(2)20(24(28)32-5)26-25(29)34-23-21(27)18-13-17(31-4)10-11-19(18)33-22(23)15-8-7-9-16(12-15)30-3/h7-14,20,22-23H,6H2,1-5H3,(H,26,29)/t14-,20+,22-,23?/m0/s1. The number of Topliss-reactive ketones (excluding diaryl/α,β-unsaturated/α-hetero) is 1. The Hall–Kier alpha value is -3.75. The number of rotatable bonds is 8. The lowest BCUT2D eigenvalue weighted by molar-refractivity contribution is -0.144. The maximum atomic E-state index is 13.5. The summed E-state index contributed by atoms with van der Waals surface area (Å²) in [7, 11) is 4.25. The molecular formula is C25H29NO8. The van der Waals surface area contributed by atoms with Gasteiger partial charge in [0.15, 0.2) is 6.10 Å². The summed E-state index contributed by atoms with van der Waals surface area (Å²) in [6.07, 6.45) is -2.57. The molecule has 4 atom stereocenters. The molecule has 0 bridgehead atoms. The summed E-state index contributed by atoms with van der Waals surface area (Å²) in [6, 6.07) is 10.9. The number of ketones is 1. The van der Waals surface area contributed by atoms with Crippen molar-refractivity contribution in [1.82, 2.24) is 5.32 Å². The summed E-state index contributed by atoms with van der Waals surface area (Å²) in [4.78, 5) is 38.5. The first kappa shape index (κ1) is 24.9. The Kier molecular flexibility index (Phi) is 7.99. The van der Waals surface area contributed by atoms with Crippen LogP contribution in [0, 0.1) is 5.92 Å². The van der Waals surface area contributed by atoms with Crippen molar-refractivity contribution in [3.63, 3.8) is 0 Å². The van der Waals surface area contributed by atoms with E-state index in [1.807, 2.05) is 6.92 Å². The summed E-state index contributed by atoms with van der Waals surface area (Å²) in [5.41, 5.74) is 0.807. The number of methoxy groups -OCH3 is 3. The van der Waals surface area contributed by atoms with Crippen LogP contribution in [-0.2, 0) is 14.3 Å². The van der Waals surface area contributed by atoms with Crippen LogP contribution < -0.4 is 19.5 Å². The molecule has 1 unspecified atom stereocenters. The summed E-state index contributed by atoms with van der Waals surface area (Å²) in [5, 5.41) is 2.53. The normalized spacial score (nSPS) is 18.6. The number of amides is 1. The van der Waals surface area contributed by atoms with E-state index < -0.39 is 36.1 Å². The predicted octanol–water partition coefficient (Wildman–Crippen LogP) is 3.70. The summed E-state index contributed by atoms with van der Waals surface area (Å²) in [5.74, 6) is 0.0858. The van der Waals surface area contributed by atoms with Gasteiger partial charge in [-0.3, -0.25) is 4.79 Å². The lowest BCUT2D eigenvalue weighted by Crippen LogP contribution is -2.49. The first-order valence-electron chi connectivity index (χ1n) is 10.9. The van der Waals surface area contributed by atoms with Gasteiger partial charge in [0.05, 0.1) is 26.9 Å². The largest absolute Gasteiger partial charge is 0.497 e. The quantitative estimate of drug-likeness (QED) is 0.581. The van der Waals surface area contributed by atoms with Crippen molar-refractivity contribution in [3.8, 4) is 17.2 Å². The van der Waals surface area contributed by atoms with E-state index in [2.05, 4.69) is 5.32 Å². The molecule has 0 saturated heterocycles. The lowest BCUT2D eigenvalue weighted by Gasteiger charge is -2.33. The minimum absolute atomic E-state index is 0.211. The molecule has 0 aliphatic carbocycles. The minimum atomic E-state index is -1.32. The minimum Gasteiger partial charge on any atom is -0.497 e. The number of benzene rings is 2. The Labute approximate surface area is 198 Å². The molecule has 0 radical (unpaired) electrons. The third-order valence-corrected chi connectivity index (χ3v) is 5.84. The van der Waals surface area contributed by atoms with E-state index in [1.165, 1.54) is 27.4 Å². The average molecular weight is 472 g/mol. The molecule has 9 nitrogen and oxygen atoms in total.